The van der Waals surface area contributed by atoms with Gasteiger partial charge in [-0.3, -0.25) is 4.98 Å². The number of pyridine rings is 1. The zero-order valence-corrected chi connectivity index (χ0v) is 10.3. The van der Waals surface area contributed by atoms with Crippen LogP contribution in [0, 0.1) is 5.82 Å². The number of nitrogens with zero attached hydrogens (tertiary/aromatic N) is 3. The summed E-state index contributed by atoms with van der Waals surface area (Å²) in [5.74, 6) is -0.314. The van der Waals surface area contributed by atoms with Crippen molar-refractivity contribution in [1.82, 2.24) is 4.98 Å². The van der Waals surface area contributed by atoms with Gasteiger partial charge in [-0.25, -0.2) is 4.39 Å². The molecule has 0 amide bonds. The summed E-state index contributed by atoms with van der Waals surface area (Å²) in [7, 11) is 1.79. The highest BCUT2D eigenvalue weighted by atomic mass is 19.1. The molecule has 0 spiro atoms. The minimum Gasteiger partial charge on any atom is -0.409 e. The van der Waals surface area contributed by atoms with Crippen molar-refractivity contribution < 1.29 is 9.60 Å². The van der Waals surface area contributed by atoms with Crippen LogP contribution >= 0.6 is 0 Å². The smallest absolute Gasteiger partial charge is 0.172 e. The second-order valence-electron chi connectivity index (χ2n) is 3.91. The fourth-order valence-corrected chi connectivity index (χ4v) is 1.73. The first kappa shape index (κ1) is 12.8. The Hall–Kier alpha value is -2.63. The summed E-state index contributed by atoms with van der Waals surface area (Å²) in [6.45, 7) is 0. The van der Waals surface area contributed by atoms with Gasteiger partial charge in [0, 0.05) is 24.5 Å². The van der Waals surface area contributed by atoms with E-state index in [-0.39, 0.29) is 11.7 Å². The lowest BCUT2D eigenvalue weighted by molar-refractivity contribution is 0.318. The number of nitrogens with two attached hydrogens (primary N) is 1. The van der Waals surface area contributed by atoms with Gasteiger partial charge >= 0.3 is 0 Å². The van der Waals surface area contributed by atoms with Gasteiger partial charge in [0.1, 0.15) is 5.82 Å². The Kier molecular flexibility index (Phi) is 3.61. The van der Waals surface area contributed by atoms with Crippen LogP contribution in [0.4, 0.5) is 15.8 Å². The normalized spacial score (nSPS) is 11.4. The molecule has 0 aliphatic carbocycles. The standard InChI is InChI=1S/C13H13FN4O/c1-18(10-4-2-9(14)3-5-10)12-8-16-7-6-11(12)13(15)17-19/h2-8,19H,1H3,(H2,15,17). The van der Waals surface area contributed by atoms with Crippen LogP contribution in [0.5, 0.6) is 0 Å². The molecule has 0 aliphatic rings. The third kappa shape index (κ3) is 2.62. The number of rotatable bonds is 3. The number of hydrogen-bond donors (Lipinski definition) is 2. The Bertz CT molecular complexity index is 598. The van der Waals surface area contributed by atoms with Crippen LogP contribution in [-0.4, -0.2) is 23.1 Å². The van der Waals surface area contributed by atoms with Gasteiger partial charge in [-0.2, -0.15) is 0 Å². The van der Waals surface area contributed by atoms with Crippen LogP contribution in [0.1, 0.15) is 5.56 Å². The maximum absolute atomic E-state index is 12.9. The molecule has 0 aliphatic heterocycles. The lowest BCUT2D eigenvalue weighted by Gasteiger charge is -2.21. The Balaban J connectivity index is 2.44. The van der Waals surface area contributed by atoms with E-state index in [2.05, 4.69) is 10.1 Å². The molecule has 1 aromatic carbocycles. The van der Waals surface area contributed by atoms with Gasteiger partial charge in [0.2, 0.25) is 0 Å². The van der Waals surface area contributed by atoms with E-state index in [1.807, 2.05) is 0 Å². The van der Waals surface area contributed by atoms with E-state index in [1.165, 1.54) is 12.1 Å². The first-order valence-corrected chi connectivity index (χ1v) is 5.54. The maximum atomic E-state index is 12.9. The van der Waals surface area contributed by atoms with Crippen LogP contribution in [0.15, 0.2) is 47.9 Å². The van der Waals surface area contributed by atoms with Gasteiger partial charge in [0.05, 0.1) is 11.9 Å². The van der Waals surface area contributed by atoms with Crippen molar-refractivity contribution in [2.75, 3.05) is 11.9 Å². The highest BCUT2D eigenvalue weighted by molar-refractivity contribution is 6.02. The molecule has 0 radical (unpaired) electrons. The second-order valence-corrected chi connectivity index (χ2v) is 3.91. The predicted octanol–water partition coefficient (Wildman–Crippen LogP) is 2.08. The van der Waals surface area contributed by atoms with E-state index in [1.54, 1.807) is 42.5 Å². The lowest BCUT2D eigenvalue weighted by Crippen LogP contribution is -2.19. The van der Waals surface area contributed by atoms with Crippen LogP contribution in [0.3, 0.4) is 0 Å². The van der Waals surface area contributed by atoms with Gasteiger partial charge in [0.15, 0.2) is 5.84 Å². The maximum Gasteiger partial charge on any atom is 0.172 e. The molecule has 0 unspecified atom stereocenters. The molecule has 5 nitrogen and oxygen atoms in total. The quantitative estimate of drug-likeness (QED) is 0.383. The molecule has 1 aromatic heterocycles. The number of halogens is 1. The number of anilines is 2. The summed E-state index contributed by atoms with van der Waals surface area (Å²) in [6.07, 6.45) is 3.14. The van der Waals surface area contributed by atoms with E-state index < -0.39 is 0 Å². The Morgan fingerprint density at radius 1 is 1.32 bits per heavy atom. The van der Waals surface area contributed by atoms with Crippen LogP contribution in [0.2, 0.25) is 0 Å². The van der Waals surface area contributed by atoms with E-state index in [9.17, 15) is 4.39 Å². The van der Waals surface area contributed by atoms with Crippen molar-refractivity contribution in [3.05, 3.63) is 54.1 Å². The average molecular weight is 260 g/mol. The average Bonchev–Trinajstić information content (AvgIpc) is 2.46. The van der Waals surface area contributed by atoms with Gasteiger partial charge in [0.25, 0.3) is 0 Å². The molecule has 1 heterocycles. The number of benzene rings is 1. The summed E-state index contributed by atoms with van der Waals surface area (Å²) < 4.78 is 12.9. The van der Waals surface area contributed by atoms with Gasteiger partial charge in [-0.15, -0.1) is 0 Å². The molecule has 19 heavy (non-hydrogen) atoms. The molecule has 0 saturated heterocycles. The molecule has 0 bridgehead atoms. The topological polar surface area (TPSA) is 74.7 Å². The van der Waals surface area contributed by atoms with Crippen LogP contribution in [-0.2, 0) is 0 Å². The summed E-state index contributed by atoms with van der Waals surface area (Å²) in [6, 6.07) is 7.65. The molecule has 0 fully saturated rings. The third-order valence-electron chi connectivity index (χ3n) is 2.76. The van der Waals surface area contributed by atoms with E-state index in [0.29, 0.717) is 11.3 Å². The van der Waals surface area contributed by atoms with Gasteiger partial charge in [-0.1, -0.05) is 5.16 Å². The molecular weight excluding hydrogens is 247 g/mol. The van der Waals surface area contributed by atoms with Crippen molar-refractivity contribution in [2.24, 2.45) is 10.9 Å². The van der Waals surface area contributed by atoms with Crippen molar-refractivity contribution >= 4 is 17.2 Å². The third-order valence-corrected chi connectivity index (χ3v) is 2.76. The van der Waals surface area contributed by atoms with Crippen molar-refractivity contribution in [3.8, 4) is 0 Å². The monoisotopic (exact) mass is 260 g/mol. The predicted molar refractivity (Wildman–Crippen MR) is 71.2 cm³/mol. The Morgan fingerprint density at radius 3 is 2.63 bits per heavy atom. The zero-order valence-electron chi connectivity index (χ0n) is 10.3. The first-order chi connectivity index (χ1) is 9.13. The lowest BCUT2D eigenvalue weighted by atomic mass is 10.2. The highest BCUT2D eigenvalue weighted by Crippen LogP contribution is 2.26. The van der Waals surface area contributed by atoms with Gasteiger partial charge in [-0.05, 0) is 30.3 Å². The molecule has 3 N–H and O–H groups in total. The molecule has 2 rings (SSSR count). The summed E-state index contributed by atoms with van der Waals surface area (Å²) in [4.78, 5) is 5.80. The molecule has 6 heteroatoms. The summed E-state index contributed by atoms with van der Waals surface area (Å²) >= 11 is 0. The van der Waals surface area contributed by atoms with Crippen molar-refractivity contribution in [3.63, 3.8) is 0 Å². The van der Waals surface area contributed by atoms with E-state index in [4.69, 9.17) is 10.9 Å². The summed E-state index contributed by atoms with van der Waals surface area (Å²) in [5.41, 5.74) is 7.59. The number of aromatic nitrogens is 1. The van der Waals surface area contributed by atoms with Gasteiger partial charge < -0.3 is 15.8 Å². The van der Waals surface area contributed by atoms with Crippen LogP contribution < -0.4 is 10.6 Å². The van der Waals surface area contributed by atoms with Crippen molar-refractivity contribution in [2.45, 2.75) is 0 Å². The zero-order chi connectivity index (χ0) is 13.8. The fraction of sp³-hybridized carbons (Fsp3) is 0.0769. The number of hydrogen-bond acceptors (Lipinski definition) is 4. The van der Waals surface area contributed by atoms with Crippen LogP contribution in [0.25, 0.3) is 0 Å². The van der Waals surface area contributed by atoms with E-state index in [0.717, 1.165) is 5.69 Å². The Morgan fingerprint density at radius 2 is 2.00 bits per heavy atom. The molecular formula is C13H13FN4O. The minimum atomic E-state index is -0.306. The number of oxime groups is 1. The molecule has 0 atom stereocenters. The summed E-state index contributed by atoms with van der Waals surface area (Å²) in [5, 5.41) is 11.8. The van der Waals surface area contributed by atoms with Crippen molar-refractivity contribution in [1.29, 1.82) is 0 Å². The fourth-order valence-electron chi connectivity index (χ4n) is 1.73. The van der Waals surface area contributed by atoms with E-state index >= 15 is 0 Å². The number of amidine groups is 1. The minimum absolute atomic E-state index is 0.00800. The molecule has 98 valence electrons. The molecule has 2 aromatic rings. The first-order valence-electron chi connectivity index (χ1n) is 5.54. The molecule has 0 saturated carbocycles. The SMILES string of the molecule is CN(c1ccc(F)cc1)c1cnccc1/C(N)=N/O. The highest BCUT2D eigenvalue weighted by Gasteiger charge is 2.12. The Labute approximate surface area is 109 Å². The largest absolute Gasteiger partial charge is 0.409 e. The second kappa shape index (κ2) is 5.34.